The van der Waals surface area contributed by atoms with E-state index in [0.717, 1.165) is 16.3 Å². The highest BCUT2D eigenvalue weighted by Crippen LogP contribution is 2.17. The zero-order valence-electron chi connectivity index (χ0n) is 5.76. The molecule has 0 spiro atoms. The molecule has 54 valence electrons. The van der Waals surface area contributed by atoms with E-state index in [1.165, 1.54) is 5.56 Å². The van der Waals surface area contributed by atoms with Gasteiger partial charge in [-0.15, -0.1) is 12.6 Å². The van der Waals surface area contributed by atoms with Gasteiger partial charge in [0.05, 0.1) is 0 Å². The number of thiol groups is 1. The molecule has 1 aromatic carbocycles. The van der Waals surface area contributed by atoms with E-state index in [1.807, 2.05) is 18.2 Å². The molecule has 0 aliphatic carbocycles. The summed E-state index contributed by atoms with van der Waals surface area (Å²) in [7, 11) is 0. The van der Waals surface area contributed by atoms with Crippen molar-refractivity contribution in [3.8, 4) is 0 Å². The lowest BCUT2D eigenvalue weighted by atomic mass is 10.2. The molecule has 0 unspecified atom stereocenters. The predicted octanol–water partition coefficient (Wildman–Crippen LogP) is 3.19. The van der Waals surface area contributed by atoms with E-state index in [9.17, 15) is 0 Å². The minimum Gasteiger partial charge on any atom is -0.143 e. The lowest BCUT2D eigenvalue weighted by Gasteiger charge is -1.98. The van der Waals surface area contributed by atoms with Gasteiger partial charge in [0.25, 0.3) is 0 Å². The average Bonchev–Trinajstić information content (AvgIpc) is 1.85. The Morgan fingerprint density at radius 1 is 1.40 bits per heavy atom. The number of aryl methyl sites for hydroxylation is 1. The zero-order valence-corrected chi connectivity index (χ0v) is 7.41. The number of benzene rings is 1. The second kappa shape index (κ2) is 3.31. The molecule has 1 rings (SSSR count). The molecule has 0 heterocycles. The third kappa shape index (κ3) is 1.93. The maximum Gasteiger partial charge on any atom is 0.0419 e. The number of hydrogen-bond donors (Lipinski definition) is 1. The average molecular weight is 173 g/mol. The fourth-order valence-electron chi connectivity index (χ4n) is 0.837. The van der Waals surface area contributed by atoms with Gasteiger partial charge in [0, 0.05) is 9.92 Å². The van der Waals surface area contributed by atoms with Crippen LogP contribution in [0.4, 0.5) is 0 Å². The van der Waals surface area contributed by atoms with Gasteiger partial charge in [0.15, 0.2) is 0 Å². The van der Waals surface area contributed by atoms with E-state index < -0.39 is 0 Å². The first-order valence-corrected chi connectivity index (χ1v) is 4.03. The Labute approximate surface area is 71.6 Å². The maximum atomic E-state index is 5.78. The quantitative estimate of drug-likeness (QED) is 0.618. The summed E-state index contributed by atoms with van der Waals surface area (Å²) in [5.74, 6) is 0. The van der Waals surface area contributed by atoms with Crippen LogP contribution >= 0.6 is 24.2 Å². The first-order chi connectivity index (χ1) is 4.72. The molecular weight excluding hydrogens is 164 g/mol. The van der Waals surface area contributed by atoms with Gasteiger partial charge in [-0.25, -0.2) is 0 Å². The molecule has 0 amide bonds. The van der Waals surface area contributed by atoms with Crippen LogP contribution in [0, 0.1) is 0 Å². The van der Waals surface area contributed by atoms with Crippen LogP contribution < -0.4 is 0 Å². The summed E-state index contributed by atoms with van der Waals surface area (Å²) in [5, 5.41) is 0.768. The molecule has 0 nitrogen and oxygen atoms in total. The molecule has 0 aromatic heterocycles. The van der Waals surface area contributed by atoms with Gasteiger partial charge in [-0.1, -0.05) is 18.5 Å². The van der Waals surface area contributed by atoms with Gasteiger partial charge < -0.3 is 0 Å². The lowest BCUT2D eigenvalue weighted by molar-refractivity contribution is 1.12. The van der Waals surface area contributed by atoms with Gasteiger partial charge in [-0.3, -0.25) is 0 Å². The molecule has 1 aromatic rings. The largest absolute Gasteiger partial charge is 0.143 e. The molecule has 10 heavy (non-hydrogen) atoms. The van der Waals surface area contributed by atoms with Crippen molar-refractivity contribution in [2.24, 2.45) is 0 Å². The monoisotopic (exact) mass is 172 g/mol. The molecule has 0 atom stereocenters. The first-order valence-electron chi connectivity index (χ1n) is 3.21. The van der Waals surface area contributed by atoms with Crippen molar-refractivity contribution < 1.29 is 0 Å². The molecule has 0 bridgehead atoms. The van der Waals surface area contributed by atoms with Crippen molar-refractivity contribution >= 4 is 24.2 Å². The zero-order chi connectivity index (χ0) is 7.56. The van der Waals surface area contributed by atoms with Gasteiger partial charge in [-0.05, 0) is 30.2 Å². The summed E-state index contributed by atoms with van der Waals surface area (Å²) >= 11 is 9.97. The highest BCUT2D eigenvalue weighted by atomic mass is 35.5. The second-order valence-corrected chi connectivity index (χ2v) is 3.12. The van der Waals surface area contributed by atoms with E-state index in [2.05, 4.69) is 19.6 Å². The minimum absolute atomic E-state index is 0.768. The van der Waals surface area contributed by atoms with E-state index in [4.69, 9.17) is 11.6 Å². The van der Waals surface area contributed by atoms with Crippen LogP contribution in [0.15, 0.2) is 23.1 Å². The minimum atomic E-state index is 0.768. The molecule has 0 saturated heterocycles. The summed E-state index contributed by atoms with van der Waals surface area (Å²) in [6, 6.07) is 5.82. The second-order valence-electron chi connectivity index (χ2n) is 2.17. The van der Waals surface area contributed by atoms with Gasteiger partial charge in [-0.2, -0.15) is 0 Å². The molecule has 0 saturated carbocycles. The van der Waals surface area contributed by atoms with Gasteiger partial charge in [0.1, 0.15) is 0 Å². The Balaban J connectivity index is 3.06. The Hall–Kier alpha value is -0.140. The van der Waals surface area contributed by atoms with Crippen molar-refractivity contribution in [2.45, 2.75) is 18.2 Å². The smallest absolute Gasteiger partial charge is 0.0419 e. The topological polar surface area (TPSA) is 0 Å². The van der Waals surface area contributed by atoms with Crippen LogP contribution in [-0.2, 0) is 6.42 Å². The van der Waals surface area contributed by atoms with E-state index in [0.29, 0.717) is 0 Å². The van der Waals surface area contributed by atoms with Crippen molar-refractivity contribution in [1.82, 2.24) is 0 Å². The fraction of sp³-hybridized carbons (Fsp3) is 0.250. The first kappa shape index (κ1) is 7.96. The van der Waals surface area contributed by atoms with Crippen molar-refractivity contribution in [2.75, 3.05) is 0 Å². The van der Waals surface area contributed by atoms with Gasteiger partial charge >= 0.3 is 0 Å². The van der Waals surface area contributed by atoms with E-state index in [1.54, 1.807) is 0 Å². The summed E-state index contributed by atoms with van der Waals surface area (Å²) in [6.07, 6.45) is 1.01. The van der Waals surface area contributed by atoms with Gasteiger partial charge in [0.2, 0.25) is 0 Å². The van der Waals surface area contributed by atoms with Crippen LogP contribution in [0.3, 0.4) is 0 Å². The Morgan fingerprint density at radius 2 is 2.10 bits per heavy atom. The van der Waals surface area contributed by atoms with Crippen molar-refractivity contribution in [3.63, 3.8) is 0 Å². The number of rotatable bonds is 1. The van der Waals surface area contributed by atoms with E-state index in [-0.39, 0.29) is 0 Å². The molecule has 0 radical (unpaired) electrons. The van der Waals surface area contributed by atoms with E-state index >= 15 is 0 Å². The molecule has 0 aliphatic heterocycles. The van der Waals surface area contributed by atoms with Crippen molar-refractivity contribution in [1.29, 1.82) is 0 Å². The standard InChI is InChI=1S/C8H9ClS/c1-2-6-3-7(9)5-8(10)4-6/h3-5,10H,2H2,1H3. The Morgan fingerprint density at radius 3 is 2.60 bits per heavy atom. The molecule has 0 fully saturated rings. The van der Waals surface area contributed by atoms with Crippen LogP contribution in [0.5, 0.6) is 0 Å². The number of halogens is 1. The van der Waals surface area contributed by atoms with Crippen molar-refractivity contribution in [3.05, 3.63) is 28.8 Å². The number of hydrogen-bond acceptors (Lipinski definition) is 1. The summed E-state index contributed by atoms with van der Waals surface area (Å²) < 4.78 is 0. The lowest BCUT2D eigenvalue weighted by Crippen LogP contribution is -1.79. The van der Waals surface area contributed by atoms with Crippen LogP contribution in [0.25, 0.3) is 0 Å². The predicted molar refractivity (Wildman–Crippen MR) is 48.1 cm³/mol. The fourth-order valence-corrected chi connectivity index (χ4v) is 1.48. The third-order valence-corrected chi connectivity index (χ3v) is 1.83. The van der Waals surface area contributed by atoms with Crippen LogP contribution in [-0.4, -0.2) is 0 Å². The molecule has 0 N–H and O–H groups in total. The third-order valence-electron chi connectivity index (χ3n) is 1.35. The SMILES string of the molecule is CCc1cc(S)cc(Cl)c1. The summed E-state index contributed by atoms with van der Waals surface area (Å²) in [6.45, 7) is 2.10. The van der Waals surface area contributed by atoms with Crippen LogP contribution in [0.2, 0.25) is 5.02 Å². The highest BCUT2D eigenvalue weighted by molar-refractivity contribution is 7.80. The highest BCUT2D eigenvalue weighted by Gasteiger charge is 1.93. The molecule has 0 aliphatic rings. The maximum absolute atomic E-state index is 5.78. The van der Waals surface area contributed by atoms with Crippen LogP contribution in [0.1, 0.15) is 12.5 Å². The Bertz CT molecular complexity index is 212. The Kier molecular flexibility index (Phi) is 2.64. The summed E-state index contributed by atoms with van der Waals surface area (Å²) in [5.41, 5.74) is 1.23. The molecular formula is C8H9ClS. The summed E-state index contributed by atoms with van der Waals surface area (Å²) in [4.78, 5) is 0.935. The normalized spacial score (nSPS) is 9.90. The molecule has 2 heteroatoms.